The number of nitrogens with zero attached hydrogens (tertiary/aromatic N) is 3. The van der Waals surface area contributed by atoms with Gasteiger partial charge in [-0.3, -0.25) is 14.4 Å². The van der Waals surface area contributed by atoms with Gasteiger partial charge in [0.2, 0.25) is 17.7 Å². The van der Waals surface area contributed by atoms with Crippen LogP contribution in [0.25, 0.3) is 0 Å². The van der Waals surface area contributed by atoms with E-state index in [-0.39, 0.29) is 40.5 Å². The van der Waals surface area contributed by atoms with Crippen LogP contribution in [0.15, 0.2) is 25.3 Å². The first-order valence-electron chi connectivity index (χ1n) is 15.6. The average Bonchev–Trinajstić information content (AvgIpc) is 3.46. The predicted octanol–water partition coefficient (Wildman–Crippen LogP) is 4.80. The Bertz CT molecular complexity index is 1040. The third-order valence-corrected chi connectivity index (χ3v) is 9.86. The van der Waals surface area contributed by atoms with Gasteiger partial charge in [0.15, 0.2) is 0 Å². The van der Waals surface area contributed by atoms with Crippen molar-refractivity contribution in [2.45, 2.75) is 115 Å². The number of aliphatic hydroxyl groups is 1. The topological polar surface area (TPSA) is 90.4 Å². The molecule has 3 amide bonds. The van der Waals surface area contributed by atoms with Gasteiger partial charge in [-0.25, -0.2) is 0 Å². The number of amides is 3. The normalized spacial score (nSPS) is 29.5. The molecule has 1 spiro atoms. The summed E-state index contributed by atoms with van der Waals surface area (Å²) in [7, 11) is 0. The zero-order chi connectivity index (χ0) is 31.8. The Morgan fingerprint density at radius 2 is 1.79 bits per heavy atom. The average molecular weight is 653 g/mol. The minimum Gasteiger partial charge on any atom is -0.394 e. The summed E-state index contributed by atoms with van der Waals surface area (Å²) < 4.78 is 6.77. The van der Waals surface area contributed by atoms with Crippen LogP contribution in [0.1, 0.15) is 81.1 Å². The summed E-state index contributed by atoms with van der Waals surface area (Å²) in [5.74, 6) is -1.98. The zero-order valence-corrected chi connectivity index (χ0v) is 28.7. The van der Waals surface area contributed by atoms with Gasteiger partial charge in [0.05, 0.1) is 30.6 Å². The van der Waals surface area contributed by atoms with Gasteiger partial charge in [-0.1, -0.05) is 69.6 Å². The summed E-state index contributed by atoms with van der Waals surface area (Å²) in [5.41, 5.74) is -1.79. The second-order valence-electron chi connectivity index (χ2n) is 14.7. The number of hydrogen-bond acceptors (Lipinski definition) is 5. The highest BCUT2D eigenvalue weighted by Crippen LogP contribution is 2.61. The van der Waals surface area contributed by atoms with Crippen molar-refractivity contribution < 1.29 is 24.2 Å². The maximum Gasteiger partial charge on any atom is 0.249 e. The molecule has 3 rings (SSSR count). The van der Waals surface area contributed by atoms with Crippen LogP contribution in [0, 0.1) is 23.2 Å². The molecule has 9 heteroatoms. The molecule has 0 aromatic heterocycles. The number of aliphatic hydroxyl groups excluding tert-OH is 1. The van der Waals surface area contributed by atoms with Crippen LogP contribution < -0.4 is 0 Å². The molecule has 0 radical (unpaired) electrons. The van der Waals surface area contributed by atoms with E-state index in [1.807, 2.05) is 25.7 Å². The number of rotatable bonds is 14. The van der Waals surface area contributed by atoms with Crippen molar-refractivity contribution in [2.24, 2.45) is 23.2 Å². The van der Waals surface area contributed by atoms with Crippen LogP contribution in [0.2, 0.25) is 0 Å². The van der Waals surface area contributed by atoms with E-state index in [0.717, 1.165) is 12.8 Å². The zero-order valence-electron chi connectivity index (χ0n) is 27.1. The first-order valence-corrected chi connectivity index (χ1v) is 16.5. The molecule has 238 valence electrons. The molecule has 0 aromatic carbocycles. The van der Waals surface area contributed by atoms with E-state index in [2.05, 4.69) is 63.7 Å². The Balaban J connectivity index is 2.20. The standard InChI is InChI=1S/C33H54BrN3O5/c1-11-14-35(15-12-2)28(39)24-25-29(40)37(22(19-38)17-21(4)5)27(33(25)18-23(34)26(24)42-33)30(41)36(16-13-3)32(9,10)20-31(6,7)8/h11,13,21-27,38H,1,3,12,14-20H2,2,4-10H3/t22-,23?,24-,25+,26-,27?,33?/m1/s1. The van der Waals surface area contributed by atoms with Crippen molar-refractivity contribution in [3.05, 3.63) is 25.3 Å². The molecule has 0 saturated carbocycles. The molecular weight excluding hydrogens is 598 g/mol. The Kier molecular flexibility index (Phi) is 10.9. The third-order valence-electron chi connectivity index (χ3n) is 9.02. The maximum atomic E-state index is 15.0. The summed E-state index contributed by atoms with van der Waals surface area (Å²) in [6, 6.07) is -1.54. The van der Waals surface area contributed by atoms with Crippen molar-refractivity contribution >= 4 is 33.7 Å². The highest BCUT2D eigenvalue weighted by molar-refractivity contribution is 9.09. The molecule has 8 nitrogen and oxygen atoms in total. The van der Waals surface area contributed by atoms with Crippen LogP contribution in [0.3, 0.4) is 0 Å². The maximum absolute atomic E-state index is 15.0. The minimum absolute atomic E-state index is 0.0604. The van der Waals surface area contributed by atoms with Crippen LogP contribution >= 0.6 is 15.9 Å². The van der Waals surface area contributed by atoms with Gasteiger partial charge in [-0.15, -0.1) is 13.2 Å². The molecule has 1 N–H and O–H groups in total. The first kappa shape index (κ1) is 34.8. The van der Waals surface area contributed by atoms with Crippen LogP contribution in [0.4, 0.5) is 0 Å². The number of fused-ring (bicyclic) bond motifs is 1. The fourth-order valence-corrected chi connectivity index (χ4v) is 9.02. The number of carbonyl (C=O) groups is 3. The number of ether oxygens (including phenoxy) is 1. The van der Waals surface area contributed by atoms with E-state index in [1.54, 1.807) is 22.0 Å². The van der Waals surface area contributed by atoms with E-state index < -0.39 is 41.2 Å². The molecule has 0 aromatic rings. The van der Waals surface area contributed by atoms with Gasteiger partial charge in [-0.2, -0.15) is 0 Å². The monoisotopic (exact) mass is 651 g/mol. The molecular formula is C33H54BrN3O5. The number of carbonyl (C=O) groups excluding carboxylic acids is 3. The van der Waals surface area contributed by atoms with Crippen LogP contribution in [-0.4, -0.2) is 97.9 Å². The summed E-state index contributed by atoms with van der Waals surface area (Å²) in [5, 5.41) is 10.6. The Morgan fingerprint density at radius 1 is 1.17 bits per heavy atom. The Morgan fingerprint density at radius 3 is 2.29 bits per heavy atom. The molecule has 3 heterocycles. The van der Waals surface area contributed by atoms with E-state index in [0.29, 0.717) is 32.5 Å². The Labute approximate surface area is 262 Å². The van der Waals surface area contributed by atoms with E-state index in [4.69, 9.17) is 4.74 Å². The molecule has 42 heavy (non-hydrogen) atoms. The predicted molar refractivity (Wildman–Crippen MR) is 170 cm³/mol. The van der Waals surface area contributed by atoms with Gasteiger partial charge >= 0.3 is 0 Å². The molecule has 3 fully saturated rings. The number of likely N-dealkylation sites (tertiary alicyclic amines) is 1. The largest absolute Gasteiger partial charge is 0.394 e. The number of halogens is 1. The van der Waals surface area contributed by atoms with Gasteiger partial charge in [0, 0.05) is 30.0 Å². The molecule has 3 aliphatic rings. The molecule has 2 bridgehead atoms. The SMILES string of the molecule is C=CCN(CCC)C(=O)[C@H]1[C@@H]2OC3(CC2Br)C(C(=O)N(CC=C)C(C)(C)CC(C)(C)C)N([C@@H](CO)CC(C)C)C(=O)[C@H]13. The van der Waals surface area contributed by atoms with Crippen LogP contribution in [-0.2, 0) is 19.1 Å². The van der Waals surface area contributed by atoms with Crippen molar-refractivity contribution in [3.63, 3.8) is 0 Å². The fourth-order valence-electron chi connectivity index (χ4n) is 8.08. The lowest BCUT2D eigenvalue weighted by Crippen LogP contribution is -2.62. The lowest BCUT2D eigenvalue weighted by molar-refractivity contribution is -0.156. The Hall–Kier alpha value is -1.71. The lowest BCUT2D eigenvalue weighted by atomic mass is 9.70. The van der Waals surface area contributed by atoms with Crippen molar-refractivity contribution in [1.29, 1.82) is 0 Å². The quantitative estimate of drug-likeness (QED) is 0.215. The highest BCUT2D eigenvalue weighted by atomic mass is 79.9. The number of alkyl halides is 1. The van der Waals surface area contributed by atoms with Crippen LogP contribution in [0.5, 0.6) is 0 Å². The summed E-state index contributed by atoms with van der Waals surface area (Å²) >= 11 is 3.78. The molecule has 3 saturated heterocycles. The molecule has 3 aliphatic heterocycles. The molecule has 0 aliphatic carbocycles. The summed E-state index contributed by atoms with van der Waals surface area (Å²) in [6.45, 7) is 25.4. The van der Waals surface area contributed by atoms with E-state index >= 15 is 0 Å². The molecule has 3 unspecified atom stereocenters. The number of hydrogen-bond donors (Lipinski definition) is 1. The highest BCUT2D eigenvalue weighted by Gasteiger charge is 2.77. The molecule has 7 atom stereocenters. The van der Waals surface area contributed by atoms with Crippen molar-refractivity contribution in [2.75, 3.05) is 26.2 Å². The fraction of sp³-hybridized carbons (Fsp3) is 0.788. The van der Waals surface area contributed by atoms with Gasteiger partial charge in [-0.05, 0) is 50.9 Å². The van der Waals surface area contributed by atoms with E-state index in [9.17, 15) is 19.5 Å². The third kappa shape index (κ3) is 6.39. The minimum atomic E-state index is -1.18. The smallest absolute Gasteiger partial charge is 0.249 e. The summed E-state index contributed by atoms with van der Waals surface area (Å²) in [6.07, 6.45) is 5.36. The van der Waals surface area contributed by atoms with Gasteiger partial charge in [0.1, 0.15) is 11.6 Å². The second kappa shape index (κ2) is 13.1. The lowest BCUT2D eigenvalue weighted by Gasteiger charge is -2.46. The second-order valence-corrected chi connectivity index (χ2v) is 15.9. The van der Waals surface area contributed by atoms with E-state index in [1.165, 1.54) is 0 Å². The van der Waals surface area contributed by atoms with Crippen molar-refractivity contribution in [1.82, 2.24) is 14.7 Å². The summed E-state index contributed by atoms with van der Waals surface area (Å²) in [4.78, 5) is 48.7. The first-order chi connectivity index (χ1) is 19.5. The van der Waals surface area contributed by atoms with Gasteiger partial charge < -0.3 is 24.5 Å². The van der Waals surface area contributed by atoms with Gasteiger partial charge in [0.25, 0.3) is 0 Å². The van der Waals surface area contributed by atoms with Crippen molar-refractivity contribution in [3.8, 4) is 0 Å².